The van der Waals surface area contributed by atoms with Gasteiger partial charge in [-0.05, 0) is 50.4 Å². The SMILES string of the molecule is Cc1cc(Br)nnc1Br. The van der Waals surface area contributed by atoms with Crippen molar-refractivity contribution in [3.63, 3.8) is 0 Å². The molecule has 0 aliphatic rings. The molecule has 1 rings (SSSR count). The third-order valence-corrected chi connectivity index (χ3v) is 2.07. The third-order valence-electron chi connectivity index (χ3n) is 0.894. The molecule has 0 radical (unpaired) electrons. The van der Waals surface area contributed by atoms with Crippen LogP contribution in [0.1, 0.15) is 5.56 Å². The second-order valence-corrected chi connectivity index (χ2v) is 3.20. The minimum atomic E-state index is 0.767. The fraction of sp³-hybridized carbons (Fsp3) is 0.200. The van der Waals surface area contributed by atoms with Crippen molar-refractivity contribution in [3.05, 3.63) is 20.8 Å². The highest BCUT2D eigenvalue weighted by Gasteiger charge is 1.95. The monoisotopic (exact) mass is 250 g/mol. The van der Waals surface area contributed by atoms with Gasteiger partial charge in [0.15, 0.2) is 0 Å². The first kappa shape index (κ1) is 7.15. The molecule has 0 atom stereocenters. The standard InChI is InChI=1S/C5H4Br2N2/c1-3-2-4(6)8-9-5(3)7/h2H,1H3. The Morgan fingerprint density at radius 2 is 2.00 bits per heavy atom. The van der Waals surface area contributed by atoms with E-state index >= 15 is 0 Å². The number of aryl methyl sites for hydroxylation is 1. The minimum absolute atomic E-state index is 0.767. The van der Waals surface area contributed by atoms with E-state index in [2.05, 4.69) is 42.1 Å². The molecule has 0 amide bonds. The van der Waals surface area contributed by atoms with Crippen LogP contribution in [0.4, 0.5) is 0 Å². The second kappa shape index (κ2) is 2.75. The molecule has 9 heavy (non-hydrogen) atoms. The molecule has 4 heteroatoms. The van der Waals surface area contributed by atoms with Crippen LogP contribution in [-0.2, 0) is 0 Å². The lowest BCUT2D eigenvalue weighted by Crippen LogP contribution is -1.85. The summed E-state index contributed by atoms with van der Waals surface area (Å²) in [4.78, 5) is 0. The second-order valence-electron chi connectivity index (χ2n) is 1.64. The van der Waals surface area contributed by atoms with Gasteiger partial charge in [-0.1, -0.05) is 0 Å². The quantitative estimate of drug-likeness (QED) is 0.707. The van der Waals surface area contributed by atoms with E-state index in [0.29, 0.717) is 0 Å². The number of rotatable bonds is 0. The van der Waals surface area contributed by atoms with Gasteiger partial charge in [0, 0.05) is 0 Å². The lowest BCUT2D eigenvalue weighted by atomic mass is 10.4. The maximum atomic E-state index is 3.80. The Morgan fingerprint density at radius 1 is 1.33 bits per heavy atom. The number of aromatic nitrogens is 2. The summed E-state index contributed by atoms with van der Waals surface area (Å²) in [5.74, 6) is 0. The number of halogens is 2. The van der Waals surface area contributed by atoms with Crippen molar-refractivity contribution >= 4 is 31.9 Å². The number of nitrogens with zero attached hydrogens (tertiary/aromatic N) is 2. The van der Waals surface area contributed by atoms with Gasteiger partial charge in [0.1, 0.15) is 9.21 Å². The van der Waals surface area contributed by atoms with Crippen LogP contribution in [0.2, 0.25) is 0 Å². The topological polar surface area (TPSA) is 25.8 Å². The molecule has 0 saturated carbocycles. The summed E-state index contributed by atoms with van der Waals surface area (Å²) < 4.78 is 1.56. The Bertz CT molecular complexity index is 224. The van der Waals surface area contributed by atoms with E-state index in [-0.39, 0.29) is 0 Å². The van der Waals surface area contributed by atoms with Crippen molar-refractivity contribution in [2.24, 2.45) is 0 Å². The lowest BCUT2D eigenvalue weighted by Gasteiger charge is -1.93. The molecule has 0 saturated heterocycles. The minimum Gasteiger partial charge on any atom is -0.142 e. The summed E-state index contributed by atoms with van der Waals surface area (Å²) in [7, 11) is 0. The summed E-state index contributed by atoms with van der Waals surface area (Å²) in [6.45, 7) is 1.96. The fourth-order valence-electron chi connectivity index (χ4n) is 0.438. The van der Waals surface area contributed by atoms with Crippen molar-refractivity contribution in [1.29, 1.82) is 0 Å². The van der Waals surface area contributed by atoms with Gasteiger partial charge in [-0.2, -0.15) is 0 Å². The molecule has 0 aromatic carbocycles. The summed E-state index contributed by atoms with van der Waals surface area (Å²) in [5.41, 5.74) is 1.08. The van der Waals surface area contributed by atoms with Crippen LogP contribution >= 0.6 is 31.9 Å². The predicted octanol–water partition coefficient (Wildman–Crippen LogP) is 2.31. The van der Waals surface area contributed by atoms with Crippen LogP contribution in [0, 0.1) is 6.92 Å². The molecule has 0 aliphatic carbocycles. The molecule has 0 spiro atoms. The summed E-state index contributed by atoms with van der Waals surface area (Å²) in [6, 6.07) is 1.90. The van der Waals surface area contributed by atoms with Gasteiger partial charge < -0.3 is 0 Å². The lowest BCUT2D eigenvalue weighted by molar-refractivity contribution is 0.963. The Morgan fingerprint density at radius 3 is 2.44 bits per heavy atom. The smallest absolute Gasteiger partial charge is 0.131 e. The average Bonchev–Trinajstić information content (AvgIpc) is 1.80. The van der Waals surface area contributed by atoms with Crippen LogP contribution < -0.4 is 0 Å². The molecule has 1 aromatic rings. The zero-order chi connectivity index (χ0) is 6.85. The Labute approximate surface area is 69.9 Å². The number of hydrogen-bond acceptors (Lipinski definition) is 2. The van der Waals surface area contributed by atoms with Gasteiger partial charge in [-0.15, -0.1) is 10.2 Å². The van der Waals surface area contributed by atoms with E-state index in [1.165, 1.54) is 0 Å². The summed E-state index contributed by atoms with van der Waals surface area (Å²) in [5, 5.41) is 7.56. The first-order valence-electron chi connectivity index (χ1n) is 2.35. The van der Waals surface area contributed by atoms with Crippen molar-refractivity contribution in [2.75, 3.05) is 0 Å². The highest BCUT2D eigenvalue weighted by molar-refractivity contribution is 9.10. The molecule has 1 aromatic heterocycles. The third kappa shape index (κ3) is 1.72. The molecule has 0 unspecified atom stereocenters. The van der Waals surface area contributed by atoms with Gasteiger partial charge >= 0.3 is 0 Å². The molecule has 0 bridgehead atoms. The Kier molecular flexibility index (Phi) is 2.18. The van der Waals surface area contributed by atoms with E-state index < -0.39 is 0 Å². The van der Waals surface area contributed by atoms with Crippen LogP contribution in [0.15, 0.2) is 15.3 Å². The zero-order valence-corrected chi connectivity index (χ0v) is 7.90. The summed E-state index contributed by atoms with van der Waals surface area (Å²) in [6.07, 6.45) is 0. The van der Waals surface area contributed by atoms with Crippen LogP contribution in [-0.4, -0.2) is 10.2 Å². The van der Waals surface area contributed by atoms with E-state index in [9.17, 15) is 0 Å². The van der Waals surface area contributed by atoms with Gasteiger partial charge in [-0.25, -0.2) is 0 Å². The van der Waals surface area contributed by atoms with Gasteiger partial charge in [0.25, 0.3) is 0 Å². The van der Waals surface area contributed by atoms with Crippen LogP contribution in [0.3, 0.4) is 0 Å². The normalized spacial score (nSPS) is 9.67. The van der Waals surface area contributed by atoms with E-state index in [1.807, 2.05) is 13.0 Å². The van der Waals surface area contributed by atoms with E-state index in [0.717, 1.165) is 14.8 Å². The van der Waals surface area contributed by atoms with E-state index in [1.54, 1.807) is 0 Å². The highest BCUT2D eigenvalue weighted by Crippen LogP contribution is 2.14. The molecular formula is C5H4Br2N2. The van der Waals surface area contributed by atoms with Gasteiger partial charge in [-0.3, -0.25) is 0 Å². The molecule has 2 nitrogen and oxygen atoms in total. The van der Waals surface area contributed by atoms with Crippen molar-refractivity contribution in [3.8, 4) is 0 Å². The van der Waals surface area contributed by atoms with Crippen molar-refractivity contribution in [1.82, 2.24) is 10.2 Å². The van der Waals surface area contributed by atoms with Crippen LogP contribution in [0.25, 0.3) is 0 Å². The highest BCUT2D eigenvalue weighted by atomic mass is 79.9. The Balaban J connectivity index is 3.17. The van der Waals surface area contributed by atoms with Crippen molar-refractivity contribution in [2.45, 2.75) is 6.92 Å². The molecule has 0 fully saturated rings. The molecular weight excluding hydrogens is 248 g/mol. The molecule has 0 N–H and O–H groups in total. The number of hydrogen-bond donors (Lipinski definition) is 0. The van der Waals surface area contributed by atoms with E-state index in [4.69, 9.17) is 0 Å². The van der Waals surface area contributed by atoms with Crippen LogP contribution in [0.5, 0.6) is 0 Å². The van der Waals surface area contributed by atoms with Gasteiger partial charge in [0.2, 0.25) is 0 Å². The maximum Gasteiger partial charge on any atom is 0.131 e. The molecule has 48 valence electrons. The zero-order valence-electron chi connectivity index (χ0n) is 4.73. The predicted molar refractivity (Wildman–Crippen MR) is 42.2 cm³/mol. The first-order valence-corrected chi connectivity index (χ1v) is 3.94. The van der Waals surface area contributed by atoms with Gasteiger partial charge in [0.05, 0.1) is 0 Å². The van der Waals surface area contributed by atoms with Crippen molar-refractivity contribution < 1.29 is 0 Å². The maximum absolute atomic E-state index is 3.80. The largest absolute Gasteiger partial charge is 0.142 e. The first-order chi connectivity index (χ1) is 4.20. The average molecular weight is 252 g/mol. The summed E-state index contributed by atoms with van der Waals surface area (Å²) >= 11 is 6.44. The molecule has 1 heterocycles. The Hall–Kier alpha value is 0.0400. The molecule has 0 aliphatic heterocycles. The fourth-order valence-corrected chi connectivity index (χ4v) is 1.05.